The van der Waals surface area contributed by atoms with Gasteiger partial charge < -0.3 is 4.74 Å². The van der Waals surface area contributed by atoms with Gasteiger partial charge in [0.2, 0.25) is 5.75 Å². The van der Waals surface area contributed by atoms with Gasteiger partial charge in [-0.3, -0.25) is 10.1 Å². The number of nitro benzene ring substituents is 1. The van der Waals surface area contributed by atoms with Crippen LogP contribution in [-0.2, 0) is 0 Å². The highest BCUT2D eigenvalue weighted by Crippen LogP contribution is 2.32. The molecule has 0 spiro atoms. The zero-order valence-electron chi connectivity index (χ0n) is 8.16. The van der Waals surface area contributed by atoms with Crippen LogP contribution in [0.2, 0.25) is 0 Å². The van der Waals surface area contributed by atoms with E-state index in [-0.39, 0.29) is 0 Å². The summed E-state index contributed by atoms with van der Waals surface area (Å²) in [5.74, 6) is -0.396. The minimum atomic E-state index is -3.06. The first kappa shape index (κ1) is 11.4. The average molecular weight is 217 g/mol. The molecular formula is C9H9F2NO3. The normalized spacial score (nSPS) is 10.5. The maximum absolute atomic E-state index is 12.0. The predicted octanol–water partition coefficient (Wildman–Crippen LogP) is 2.81. The minimum Gasteiger partial charge on any atom is -0.427 e. The highest BCUT2D eigenvalue weighted by Gasteiger charge is 2.21. The predicted molar refractivity (Wildman–Crippen MR) is 49.2 cm³/mol. The molecule has 0 amide bonds. The van der Waals surface area contributed by atoms with E-state index >= 15 is 0 Å². The lowest BCUT2D eigenvalue weighted by molar-refractivity contribution is -0.387. The maximum atomic E-state index is 12.0. The number of nitrogens with zero attached hydrogens (tertiary/aromatic N) is 1. The Balaban J connectivity index is 3.27. The SMILES string of the molecule is Cc1cc(C)c([N+](=O)[O-])c(OC(F)F)c1. The first-order valence-electron chi connectivity index (χ1n) is 4.12. The number of rotatable bonds is 3. The van der Waals surface area contributed by atoms with Gasteiger partial charge in [0.1, 0.15) is 0 Å². The van der Waals surface area contributed by atoms with Crippen molar-refractivity contribution < 1.29 is 18.4 Å². The molecule has 1 aromatic carbocycles. The highest BCUT2D eigenvalue weighted by atomic mass is 19.3. The molecule has 0 N–H and O–H groups in total. The van der Waals surface area contributed by atoms with Crippen molar-refractivity contribution in [3.63, 3.8) is 0 Å². The van der Waals surface area contributed by atoms with Crippen molar-refractivity contribution in [3.8, 4) is 5.75 Å². The summed E-state index contributed by atoms with van der Waals surface area (Å²) in [7, 11) is 0. The van der Waals surface area contributed by atoms with Crippen molar-refractivity contribution in [1.29, 1.82) is 0 Å². The second-order valence-corrected chi connectivity index (χ2v) is 3.06. The van der Waals surface area contributed by atoms with Crippen LogP contribution in [0.3, 0.4) is 0 Å². The van der Waals surface area contributed by atoms with Gasteiger partial charge in [-0.25, -0.2) is 0 Å². The molecule has 0 aromatic heterocycles. The molecule has 0 saturated heterocycles. The summed E-state index contributed by atoms with van der Waals surface area (Å²) in [5.41, 5.74) is 0.519. The van der Waals surface area contributed by atoms with Gasteiger partial charge in [-0.1, -0.05) is 0 Å². The van der Waals surface area contributed by atoms with Crippen LogP contribution in [0, 0.1) is 24.0 Å². The fraction of sp³-hybridized carbons (Fsp3) is 0.333. The first-order valence-corrected chi connectivity index (χ1v) is 4.12. The molecule has 0 saturated carbocycles. The summed E-state index contributed by atoms with van der Waals surface area (Å²) in [6, 6.07) is 2.76. The lowest BCUT2D eigenvalue weighted by atomic mass is 10.1. The fourth-order valence-electron chi connectivity index (χ4n) is 1.34. The molecule has 0 unspecified atom stereocenters. The second-order valence-electron chi connectivity index (χ2n) is 3.06. The topological polar surface area (TPSA) is 52.4 Å². The van der Waals surface area contributed by atoms with E-state index in [9.17, 15) is 18.9 Å². The number of alkyl halides is 2. The van der Waals surface area contributed by atoms with Gasteiger partial charge in [0, 0.05) is 5.56 Å². The largest absolute Gasteiger partial charge is 0.427 e. The summed E-state index contributed by atoms with van der Waals surface area (Å²) in [6.45, 7) is 0.0586. The van der Waals surface area contributed by atoms with Crippen LogP contribution in [0.4, 0.5) is 14.5 Å². The molecule has 82 valence electrons. The molecule has 15 heavy (non-hydrogen) atoms. The van der Waals surface area contributed by atoms with Gasteiger partial charge in [-0.05, 0) is 31.5 Å². The average Bonchev–Trinajstić information content (AvgIpc) is 1.99. The quantitative estimate of drug-likeness (QED) is 0.577. The summed E-state index contributed by atoms with van der Waals surface area (Å²) in [6.07, 6.45) is 0. The van der Waals surface area contributed by atoms with Gasteiger partial charge in [0.15, 0.2) is 0 Å². The fourth-order valence-corrected chi connectivity index (χ4v) is 1.34. The maximum Gasteiger partial charge on any atom is 0.387 e. The van der Waals surface area contributed by atoms with Crippen LogP contribution in [0.25, 0.3) is 0 Å². The molecular weight excluding hydrogens is 208 g/mol. The summed E-state index contributed by atoms with van der Waals surface area (Å²) in [4.78, 5) is 9.89. The minimum absolute atomic E-state index is 0.302. The molecule has 0 radical (unpaired) electrons. The Morgan fingerprint density at radius 1 is 1.40 bits per heavy atom. The number of nitro groups is 1. The van der Waals surface area contributed by atoms with Crippen molar-refractivity contribution in [2.24, 2.45) is 0 Å². The number of hydrogen-bond acceptors (Lipinski definition) is 3. The Hall–Kier alpha value is -1.72. The molecule has 0 aliphatic carbocycles. The van der Waals surface area contributed by atoms with E-state index in [1.54, 1.807) is 6.92 Å². The van der Waals surface area contributed by atoms with Crippen LogP contribution in [-0.4, -0.2) is 11.5 Å². The van der Waals surface area contributed by atoms with Crippen molar-refractivity contribution in [2.45, 2.75) is 20.5 Å². The van der Waals surface area contributed by atoms with E-state index in [1.165, 1.54) is 19.1 Å². The zero-order valence-corrected chi connectivity index (χ0v) is 8.16. The van der Waals surface area contributed by atoms with E-state index in [1.807, 2.05) is 0 Å². The standard InChI is InChI=1S/C9H9F2NO3/c1-5-3-6(2)8(12(13)14)7(4-5)15-9(10)11/h3-4,9H,1-2H3. The Bertz CT molecular complexity index is 393. The smallest absolute Gasteiger partial charge is 0.387 e. The van der Waals surface area contributed by atoms with E-state index in [0.717, 1.165) is 0 Å². The monoisotopic (exact) mass is 217 g/mol. The van der Waals surface area contributed by atoms with Crippen LogP contribution >= 0.6 is 0 Å². The van der Waals surface area contributed by atoms with Crippen molar-refractivity contribution in [2.75, 3.05) is 0 Å². The lowest BCUT2D eigenvalue weighted by Gasteiger charge is -2.07. The number of ether oxygens (including phenoxy) is 1. The molecule has 0 aliphatic rings. The Labute approximate surface area is 84.6 Å². The molecule has 0 fully saturated rings. The van der Waals surface area contributed by atoms with Gasteiger partial charge in [-0.15, -0.1) is 0 Å². The first-order chi connectivity index (χ1) is 6.91. The zero-order chi connectivity index (χ0) is 11.6. The van der Waals surface area contributed by atoms with Gasteiger partial charge in [0.25, 0.3) is 0 Å². The van der Waals surface area contributed by atoms with Gasteiger partial charge >= 0.3 is 12.3 Å². The summed E-state index contributed by atoms with van der Waals surface area (Å²) in [5, 5.41) is 10.6. The number of hydrogen-bond donors (Lipinski definition) is 0. The molecule has 1 aromatic rings. The molecule has 0 bridgehead atoms. The third kappa shape index (κ3) is 2.61. The molecule has 6 heteroatoms. The van der Waals surface area contributed by atoms with Crippen LogP contribution in [0.15, 0.2) is 12.1 Å². The third-order valence-corrected chi connectivity index (χ3v) is 1.81. The Kier molecular flexibility index (Phi) is 3.18. The van der Waals surface area contributed by atoms with E-state index in [2.05, 4.69) is 4.74 Å². The van der Waals surface area contributed by atoms with Gasteiger partial charge in [0.05, 0.1) is 4.92 Å². The van der Waals surface area contributed by atoms with Crippen LogP contribution in [0.1, 0.15) is 11.1 Å². The van der Waals surface area contributed by atoms with E-state index in [0.29, 0.717) is 11.1 Å². The number of benzene rings is 1. The van der Waals surface area contributed by atoms with Crippen molar-refractivity contribution in [1.82, 2.24) is 0 Å². The Morgan fingerprint density at radius 3 is 2.47 bits per heavy atom. The van der Waals surface area contributed by atoms with Crippen LogP contribution in [0.5, 0.6) is 5.75 Å². The number of halogens is 2. The van der Waals surface area contributed by atoms with E-state index < -0.39 is 23.0 Å². The van der Waals surface area contributed by atoms with Crippen molar-refractivity contribution in [3.05, 3.63) is 33.4 Å². The molecule has 0 heterocycles. The molecule has 1 rings (SSSR count). The molecule has 0 atom stereocenters. The van der Waals surface area contributed by atoms with Crippen molar-refractivity contribution >= 4 is 5.69 Å². The highest BCUT2D eigenvalue weighted by molar-refractivity contribution is 5.54. The third-order valence-electron chi connectivity index (χ3n) is 1.81. The van der Waals surface area contributed by atoms with Gasteiger partial charge in [-0.2, -0.15) is 8.78 Å². The van der Waals surface area contributed by atoms with E-state index in [4.69, 9.17) is 0 Å². The molecule has 4 nitrogen and oxygen atoms in total. The lowest BCUT2D eigenvalue weighted by Crippen LogP contribution is -2.05. The summed E-state index contributed by atoms with van der Waals surface area (Å²) >= 11 is 0. The number of aryl methyl sites for hydroxylation is 2. The summed E-state index contributed by atoms with van der Waals surface area (Å²) < 4.78 is 28.1. The van der Waals surface area contributed by atoms with Crippen LogP contribution < -0.4 is 4.74 Å². The Morgan fingerprint density at radius 2 is 2.00 bits per heavy atom. The molecule has 0 aliphatic heterocycles. The second kappa shape index (κ2) is 4.20.